The van der Waals surface area contributed by atoms with Crippen LogP contribution in [0.4, 0.5) is 0 Å². The fourth-order valence-electron chi connectivity index (χ4n) is 2.86. The average molecular weight is 261 g/mol. The highest BCUT2D eigenvalue weighted by Crippen LogP contribution is 2.41. The van der Waals surface area contributed by atoms with Gasteiger partial charge in [0.25, 0.3) is 0 Å². The van der Waals surface area contributed by atoms with E-state index in [2.05, 4.69) is 29.6 Å². The molecule has 1 saturated carbocycles. The maximum atomic E-state index is 5.80. The second-order valence-electron chi connectivity index (χ2n) is 5.57. The largest absolute Gasteiger partial charge is 0.377 e. The van der Waals surface area contributed by atoms with E-state index in [1.165, 1.54) is 18.4 Å². The lowest BCUT2D eigenvalue weighted by molar-refractivity contribution is 0.0199. The Hall–Kier alpha value is -0.900. The lowest BCUT2D eigenvalue weighted by Gasteiger charge is -2.22. The van der Waals surface area contributed by atoms with E-state index < -0.39 is 0 Å². The molecule has 2 atom stereocenters. The molecule has 0 amide bonds. The van der Waals surface area contributed by atoms with Crippen LogP contribution in [0, 0.1) is 11.8 Å². The highest BCUT2D eigenvalue weighted by Gasteiger charge is 2.37. The molecule has 19 heavy (non-hydrogen) atoms. The fraction of sp³-hybridized carbons (Fsp3) is 0.625. The van der Waals surface area contributed by atoms with Crippen molar-refractivity contribution in [3.05, 3.63) is 35.9 Å². The summed E-state index contributed by atoms with van der Waals surface area (Å²) in [6.45, 7) is 3.41. The van der Waals surface area contributed by atoms with Gasteiger partial charge < -0.3 is 9.47 Å². The van der Waals surface area contributed by atoms with Gasteiger partial charge in [0.2, 0.25) is 0 Å². The predicted molar refractivity (Wildman–Crippen MR) is 74.7 cm³/mol. The van der Waals surface area contributed by atoms with E-state index in [9.17, 15) is 0 Å². The molecule has 1 saturated heterocycles. The molecule has 1 heterocycles. The first-order valence-electron chi connectivity index (χ1n) is 7.40. The summed E-state index contributed by atoms with van der Waals surface area (Å²) in [5.74, 6) is 1.49. The van der Waals surface area contributed by atoms with Gasteiger partial charge in [-0.05, 0) is 30.7 Å². The Morgan fingerprint density at radius 1 is 1.26 bits per heavy atom. The van der Waals surface area contributed by atoms with Crippen molar-refractivity contribution in [2.75, 3.05) is 19.8 Å². The summed E-state index contributed by atoms with van der Waals surface area (Å²) in [6, 6.07) is 10.4. The van der Waals surface area contributed by atoms with Crippen LogP contribution in [0.15, 0.2) is 30.3 Å². The SMILES string of the molecule is c1ccc(COCCC(C2CC2)C2NCCO2)cc1. The molecular weight excluding hydrogens is 238 g/mol. The molecule has 2 aliphatic rings. The van der Waals surface area contributed by atoms with Crippen molar-refractivity contribution < 1.29 is 9.47 Å². The van der Waals surface area contributed by atoms with E-state index in [1.54, 1.807) is 0 Å². The first-order chi connectivity index (χ1) is 9.43. The molecule has 1 aliphatic carbocycles. The maximum absolute atomic E-state index is 5.80. The van der Waals surface area contributed by atoms with Crippen LogP contribution < -0.4 is 5.32 Å². The highest BCUT2D eigenvalue weighted by molar-refractivity contribution is 5.13. The van der Waals surface area contributed by atoms with Gasteiger partial charge in [0, 0.05) is 19.1 Å². The molecule has 1 aromatic carbocycles. The van der Waals surface area contributed by atoms with Gasteiger partial charge in [-0.3, -0.25) is 5.32 Å². The first kappa shape index (κ1) is 13.1. The van der Waals surface area contributed by atoms with Crippen LogP contribution in [-0.2, 0) is 16.1 Å². The Morgan fingerprint density at radius 3 is 2.79 bits per heavy atom. The summed E-state index contributed by atoms with van der Waals surface area (Å²) in [6.07, 6.45) is 4.11. The second kappa shape index (κ2) is 6.51. The van der Waals surface area contributed by atoms with Crippen LogP contribution in [-0.4, -0.2) is 26.0 Å². The molecule has 1 aromatic rings. The minimum atomic E-state index is 0.271. The van der Waals surface area contributed by atoms with Crippen molar-refractivity contribution in [1.29, 1.82) is 0 Å². The van der Waals surface area contributed by atoms with E-state index in [0.29, 0.717) is 5.92 Å². The van der Waals surface area contributed by atoms with E-state index in [4.69, 9.17) is 9.47 Å². The van der Waals surface area contributed by atoms with E-state index in [1.807, 2.05) is 6.07 Å². The molecule has 2 unspecified atom stereocenters. The Kier molecular flexibility index (Phi) is 4.49. The van der Waals surface area contributed by atoms with Crippen LogP contribution in [0.2, 0.25) is 0 Å². The van der Waals surface area contributed by atoms with Crippen molar-refractivity contribution in [3.8, 4) is 0 Å². The molecule has 104 valence electrons. The van der Waals surface area contributed by atoms with Crippen LogP contribution in [0.3, 0.4) is 0 Å². The summed E-state index contributed by atoms with van der Waals surface area (Å²) in [5, 5.41) is 3.46. The standard InChI is InChI=1S/C16H23NO2/c1-2-4-13(5-3-1)12-18-10-8-15(14-6-7-14)16-17-9-11-19-16/h1-5,14-17H,6-12H2. The number of hydrogen-bond donors (Lipinski definition) is 1. The normalized spacial score (nSPS) is 24.5. The van der Waals surface area contributed by atoms with Gasteiger partial charge in [0.1, 0.15) is 6.23 Å². The molecule has 1 aliphatic heterocycles. The van der Waals surface area contributed by atoms with Gasteiger partial charge in [-0.25, -0.2) is 0 Å². The lowest BCUT2D eigenvalue weighted by atomic mass is 9.98. The van der Waals surface area contributed by atoms with E-state index in [-0.39, 0.29) is 6.23 Å². The van der Waals surface area contributed by atoms with Gasteiger partial charge in [0.15, 0.2) is 0 Å². The molecule has 0 spiro atoms. The molecule has 3 rings (SSSR count). The third-order valence-electron chi connectivity index (χ3n) is 4.07. The van der Waals surface area contributed by atoms with Crippen molar-refractivity contribution in [2.24, 2.45) is 11.8 Å². The third-order valence-corrected chi connectivity index (χ3v) is 4.07. The van der Waals surface area contributed by atoms with Crippen LogP contribution in [0.1, 0.15) is 24.8 Å². The van der Waals surface area contributed by atoms with Gasteiger partial charge >= 0.3 is 0 Å². The van der Waals surface area contributed by atoms with Crippen LogP contribution in [0.25, 0.3) is 0 Å². The Labute approximate surface area is 115 Å². The number of rotatable bonds is 7. The number of nitrogens with one attached hydrogen (secondary N) is 1. The highest BCUT2D eigenvalue weighted by atomic mass is 16.5. The number of hydrogen-bond acceptors (Lipinski definition) is 3. The fourth-order valence-corrected chi connectivity index (χ4v) is 2.86. The Bertz CT molecular complexity index is 372. The molecule has 3 heteroatoms. The molecular formula is C16H23NO2. The molecule has 3 nitrogen and oxygen atoms in total. The first-order valence-corrected chi connectivity index (χ1v) is 7.40. The zero-order chi connectivity index (χ0) is 12.9. The number of benzene rings is 1. The zero-order valence-electron chi connectivity index (χ0n) is 11.4. The summed E-state index contributed by atoms with van der Waals surface area (Å²) in [5.41, 5.74) is 1.25. The minimum Gasteiger partial charge on any atom is -0.377 e. The topological polar surface area (TPSA) is 30.5 Å². The summed E-state index contributed by atoms with van der Waals surface area (Å²) in [7, 11) is 0. The monoisotopic (exact) mass is 261 g/mol. The maximum Gasteiger partial charge on any atom is 0.111 e. The molecule has 2 fully saturated rings. The smallest absolute Gasteiger partial charge is 0.111 e. The predicted octanol–water partition coefficient (Wildman–Crippen LogP) is 2.57. The third kappa shape index (κ3) is 3.78. The molecule has 0 bridgehead atoms. The van der Waals surface area contributed by atoms with Crippen LogP contribution in [0.5, 0.6) is 0 Å². The van der Waals surface area contributed by atoms with E-state index in [0.717, 1.165) is 38.7 Å². The van der Waals surface area contributed by atoms with Crippen molar-refractivity contribution in [3.63, 3.8) is 0 Å². The van der Waals surface area contributed by atoms with Crippen molar-refractivity contribution in [2.45, 2.75) is 32.1 Å². The zero-order valence-corrected chi connectivity index (χ0v) is 11.4. The lowest BCUT2D eigenvalue weighted by Crippen LogP contribution is -2.33. The van der Waals surface area contributed by atoms with Gasteiger partial charge in [-0.1, -0.05) is 30.3 Å². The average Bonchev–Trinajstić information content (AvgIpc) is 3.14. The van der Waals surface area contributed by atoms with E-state index >= 15 is 0 Å². The molecule has 0 aromatic heterocycles. The second-order valence-corrected chi connectivity index (χ2v) is 5.57. The summed E-state index contributed by atoms with van der Waals surface area (Å²) >= 11 is 0. The summed E-state index contributed by atoms with van der Waals surface area (Å²) < 4.78 is 11.6. The number of ether oxygens (including phenoxy) is 2. The van der Waals surface area contributed by atoms with Crippen molar-refractivity contribution >= 4 is 0 Å². The van der Waals surface area contributed by atoms with Gasteiger partial charge in [-0.2, -0.15) is 0 Å². The quantitative estimate of drug-likeness (QED) is 0.765. The Balaban J connectivity index is 1.40. The summed E-state index contributed by atoms with van der Waals surface area (Å²) in [4.78, 5) is 0. The Morgan fingerprint density at radius 2 is 2.11 bits per heavy atom. The molecule has 1 N–H and O–H groups in total. The van der Waals surface area contributed by atoms with Gasteiger partial charge in [-0.15, -0.1) is 0 Å². The van der Waals surface area contributed by atoms with Crippen molar-refractivity contribution in [1.82, 2.24) is 5.32 Å². The van der Waals surface area contributed by atoms with Crippen LogP contribution >= 0.6 is 0 Å². The molecule has 0 radical (unpaired) electrons. The minimum absolute atomic E-state index is 0.271. The van der Waals surface area contributed by atoms with Gasteiger partial charge in [0.05, 0.1) is 13.2 Å².